The zero-order valence-electron chi connectivity index (χ0n) is 19.1. The predicted octanol–water partition coefficient (Wildman–Crippen LogP) is 1.52. The minimum atomic E-state index is -0.303. The van der Waals surface area contributed by atoms with Crippen LogP contribution in [0.2, 0.25) is 0 Å². The number of carbonyl (C=O) groups is 1. The second-order valence-corrected chi connectivity index (χ2v) is 8.77. The number of anilines is 2. The molecule has 2 fully saturated rings. The number of hydrogen-bond donors (Lipinski definition) is 0. The Morgan fingerprint density at radius 1 is 1.00 bits per heavy atom. The van der Waals surface area contributed by atoms with E-state index in [0.29, 0.717) is 18.9 Å². The van der Waals surface area contributed by atoms with E-state index in [0.717, 1.165) is 56.6 Å². The van der Waals surface area contributed by atoms with Gasteiger partial charge in [-0.25, -0.2) is 4.79 Å². The summed E-state index contributed by atoms with van der Waals surface area (Å²) in [6.07, 6.45) is 2.51. The van der Waals surface area contributed by atoms with Crippen LogP contribution >= 0.6 is 0 Å². The van der Waals surface area contributed by atoms with Crippen LogP contribution in [0, 0.1) is 5.92 Å². The smallest absolute Gasteiger partial charge is 0.332 e. The number of para-hydroxylation sites is 1. The summed E-state index contributed by atoms with van der Waals surface area (Å²) < 4.78 is 2.82. The number of piperazine rings is 1. The first kappa shape index (κ1) is 22.2. The first-order valence-corrected chi connectivity index (χ1v) is 11.6. The molecule has 3 heterocycles. The van der Waals surface area contributed by atoms with Crippen LogP contribution in [0.5, 0.6) is 0 Å². The van der Waals surface area contributed by atoms with E-state index in [4.69, 9.17) is 0 Å². The maximum Gasteiger partial charge on any atom is 0.332 e. The van der Waals surface area contributed by atoms with E-state index in [2.05, 4.69) is 21.9 Å². The highest BCUT2D eigenvalue weighted by atomic mass is 16.2. The van der Waals surface area contributed by atoms with Crippen LogP contribution in [0.25, 0.3) is 0 Å². The maximum absolute atomic E-state index is 13.3. The number of amides is 1. The van der Waals surface area contributed by atoms with Crippen LogP contribution in [0.3, 0.4) is 0 Å². The second-order valence-electron chi connectivity index (χ2n) is 8.77. The summed E-state index contributed by atoms with van der Waals surface area (Å²) in [5.41, 5.74) is 0.602. The quantitative estimate of drug-likeness (QED) is 0.707. The number of carbonyl (C=O) groups excluding carboxylic acids is 1. The summed E-state index contributed by atoms with van der Waals surface area (Å²) in [5, 5.41) is 0. The van der Waals surface area contributed by atoms with Gasteiger partial charge in [0.05, 0.1) is 5.92 Å². The molecule has 32 heavy (non-hydrogen) atoms. The van der Waals surface area contributed by atoms with Crippen molar-refractivity contribution in [2.45, 2.75) is 32.7 Å². The zero-order valence-corrected chi connectivity index (χ0v) is 19.1. The van der Waals surface area contributed by atoms with Crippen molar-refractivity contribution in [3.05, 3.63) is 57.2 Å². The van der Waals surface area contributed by atoms with Gasteiger partial charge in [-0.05, 0) is 31.4 Å². The van der Waals surface area contributed by atoms with Crippen LogP contribution < -0.4 is 21.0 Å². The fourth-order valence-corrected chi connectivity index (χ4v) is 4.82. The highest BCUT2D eigenvalue weighted by molar-refractivity contribution is 5.80. The fourth-order valence-electron chi connectivity index (χ4n) is 4.82. The van der Waals surface area contributed by atoms with E-state index in [1.807, 2.05) is 30.0 Å². The first-order valence-electron chi connectivity index (χ1n) is 11.6. The largest absolute Gasteiger partial charge is 0.368 e. The molecule has 1 amide bonds. The van der Waals surface area contributed by atoms with E-state index < -0.39 is 0 Å². The normalized spacial score (nSPS) is 19.3. The average molecular weight is 440 g/mol. The summed E-state index contributed by atoms with van der Waals surface area (Å²) in [5.74, 6) is 0.725. The molecule has 2 aromatic rings. The van der Waals surface area contributed by atoms with Gasteiger partial charge in [0.1, 0.15) is 5.82 Å². The number of piperidine rings is 1. The molecule has 4 rings (SSSR count). The van der Waals surface area contributed by atoms with Gasteiger partial charge in [0.2, 0.25) is 5.91 Å². The molecule has 2 aliphatic heterocycles. The topological polar surface area (TPSA) is 70.8 Å². The summed E-state index contributed by atoms with van der Waals surface area (Å²) in [4.78, 5) is 44.7. The molecule has 0 radical (unpaired) electrons. The molecule has 172 valence electrons. The average Bonchev–Trinajstić information content (AvgIpc) is 2.84. The molecule has 1 aromatic heterocycles. The van der Waals surface area contributed by atoms with Gasteiger partial charge >= 0.3 is 5.69 Å². The Hall–Kier alpha value is -3.03. The van der Waals surface area contributed by atoms with Gasteiger partial charge in [0, 0.05) is 64.6 Å². The molecule has 1 aromatic carbocycles. The summed E-state index contributed by atoms with van der Waals surface area (Å²) >= 11 is 0. The van der Waals surface area contributed by atoms with Gasteiger partial charge < -0.3 is 14.7 Å². The van der Waals surface area contributed by atoms with Crippen molar-refractivity contribution in [3.63, 3.8) is 0 Å². The second kappa shape index (κ2) is 9.63. The lowest BCUT2D eigenvalue weighted by atomic mass is 9.96. The van der Waals surface area contributed by atoms with Crippen molar-refractivity contribution in [2.75, 3.05) is 49.1 Å². The Bertz CT molecular complexity index is 1050. The molecule has 0 aliphatic carbocycles. The molecule has 1 atom stereocenters. The molecular formula is C24H33N5O3. The van der Waals surface area contributed by atoms with Crippen molar-refractivity contribution >= 4 is 17.4 Å². The molecular weight excluding hydrogens is 406 g/mol. The molecule has 0 N–H and O–H groups in total. The molecule has 2 aliphatic rings. The molecule has 1 unspecified atom stereocenters. The molecule has 2 saturated heterocycles. The number of aromatic nitrogens is 2. The third-order valence-electron chi connectivity index (χ3n) is 6.63. The van der Waals surface area contributed by atoms with Gasteiger partial charge in [-0.2, -0.15) is 0 Å². The lowest BCUT2D eigenvalue weighted by Crippen LogP contribution is -2.53. The van der Waals surface area contributed by atoms with E-state index in [1.54, 1.807) is 10.6 Å². The minimum absolute atomic E-state index is 0.110. The molecule has 0 spiro atoms. The Kier molecular flexibility index (Phi) is 6.67. The SMILES string of the molecule is CCCn1c(N2CCCC(C(=O)N3CCN(c4ccccc4)CC3)C2)cc(=O)n(C)c1=O. The van der Waals surface area contributed by atoms with Crippen LogP contribution in [0.15, 0.2) is 46.0 Å². The lowest BCUT2D eigenvalue weighted by Gasteiger charge is -2.40. The van der Waals surface area contributed by atoms with Crippen molar-refractivity contribution in [2.24, 2.45) is 13.0 Å². The van der Waals surface area contributed by atoms with Crippen molar-refractivity contribution in [1.82, 2.24) is 14.0 Å². The Labute approximate surface area is 188 Å². The van der Waals surface area contributed by atoms with Gasteiger partial charge in [-0.1, -0.05) is 25.1 Å². The fraction of sp³-hybridized carbons (Fsp3) is 0.542. The standard InChI is InChI=1S/C24H33N5O3/c1-3-11-29-21(17-22(30)25(2)24(29)32)28-12-7-8-19(18-28)23(31)27-15-13-26(14-16-27)20-9-5-4-6-10-20/h4-6,9-10,17,19H,3,7-8,11-16,18H2,1-2H3. The van der Waals surface area contributed by atoms with Crippen LogP contribution in [0.4, 0.5) is 11.5 Å². The lowest BCUT2D eigenvalue weighted by molar-refractivity contribution is -0.136. The zero-order chi connectivity index (χ0) is 22.7. The number of nitrogens with zero attached hydrogens (tertiary/aromatic N) is 5. The minimum Gasteiger partial charge on any atom is -0.368 e. The summed E-state index contributed by atoms with van der Waals surface area (Å²) in [7, 11) is 1.51. The van der Waals surface area contributed by atoms with Gasteiger partial charge in [-0.3, -0.25) is 18.7 Å². The van der Waals surface area contributed by atoms with Gasteiger partial charge in [0.25, 0.3) is 5.56 Å². The number of hydrogen-bond acceptors (Lipinski definition) is 5. The number of benzene rings is 1. The summed E-state index contributed by atoms with van der Waals surface area (Å²) in [6, 6.07) is 11.9. The maximum atomic E-state index is 13.3. The highest BCUT2D eigenvalue weighted by Gasteiger charge is 2.32. The van der Waals surface area contributed by atoms with Crippen LogP contribution in [0.1, 0.15) is 26.2 Å². The third kappa shape index (κ3) is 4.45. The Morgan fingerprint density at radius 3 is 2.41 bits per heavy atom. The van der Waals surface area contributed by atoms with Gasteiger partial charge in [-0.15, -0.1) is 0 Å². The van der Waals surface area contributed by atoms with E-state index in [-0.39, 0.29) is 23.1 Å². The van der Waals surface area contributed by atoms with Crippen molar-refractivity contribution < 1.29 is 4.79 Å². The molecule has 0 saturated carbocycles. The Morgan fingerprint density at radius 2 is 1.72 bits per heavy atom. The van der Waals surface area contributed by atoms with E-state index in [9.17, 15) is 14.4 Å². The third-order valence-corrected chi connectivity index (χ3v) is 6.63. The van der Waals surface area contributed by atoms with E-state index in [1.165, 1.54) is 12.7 Å². The molecule has 8 heteroatoms. The van der Waals surface area contributed by atoms with Crippen LogP contribution in [-0.2, 0) is 18.4 Å². The van der Waals surface area contributed by atoms with Gasteiger partial charge in [0.15, 0.2) is 0 Å². The number of rotatable bonds is 5. The molecule has 0 bridgehead atoms. The monoisotopic (exact) mass is 439 g/mol. The van der Waals surface area contributed by atoms with Crippen molar-refractivity contribution in [1.29, 1.82) is 0 Å². The van der Waals surface area contributed by atoms with E-state index >= 15 is 0 Å². The first-order chi connectivity index (χ1) is 15.5. The highest BCUT2D eigenvalue weighted by Crippen LogP contribution is 2.24. The molecule has 8 nitrogen and oxygen atoms in total. The summed E-state index contributed by atoms with van der Waals surface area (Å²) in [6.45, 7) is 6.97. The predicted molar refractivity (Wildman–Crippen MR) is 126 cm³/mol. The van der Waals surface area contributed by atoms with Crippen molar-refractivity contribution in [3.8, 4) is 0 Å². The Balaban J connectivity index is 1.45. The van der Waals surface area contributed by atoms with Crippen LogP contribution in [-0.4, -0.2) is 59.2 Å².